The van der Waals surface area contributed by atoms with Gasteiger partial charge in [0.05, 0.1) is 0 Å². The van der Waals surface area contributed by atoms with Gasteiger partial charge in [-0.3, -0.25) is 0 Å². The van der Waals surface area contributed by atoms with Crippen LogP contribution in [0.3, 0.4) is 0 Å². The van der Waals surface area contributed by atoms with Crippen molar-refractivity contribution in [1.82, 2.24) is 9.97 Å². The van der Waals surface area contributed by atoms with Crippen molar-refractivity contribution in [1.29, 1.82) is 0 Å². The van der Waals surface area contributed by atoms with Gasteiger partial charge in [0, 0.05) is 12.8 Å². The Balaban J connectivity index is 3.17. The molecule has 0 amide bonds. The molecule has 0 aliphatic heterocycles. The monoisotopic (exact) mass is 260 g/mol. The summed E-state index contributed by atoms with van der Waals surface area (Å²) >= 11 is 0. The number of ether oxygens (including phenoxy) is 1. The Morgan fingerprint density at radius 2 is 2.17 bits per heavy atom. The van der Waals surface area contributed by atoms with Crippen LogP contribution in [0.1, 0.15) is 54.7 Å². The van der Waals surface area contributed by atoms with Crippen LogP contribution in [0.15, 0.2) is 6.20 Å². The van der Waals surface area contributed by atoms with E-state index in [1.807, 2.05) is 0 Å². The molecule has 1 atom stereocenters. The third kappa shape index (κ3) is 3.19. The molecule has 5 nitrogen and oxygen atoms in total. The summed E-state index contributed by atoms with van der Waals surface area (Å²) in [7, 11) is 0. The molecule has 0 spiro atoms. The van der Waals surface area contributed by atoms with Crippen LogP contribution in [-0.2, 0) is 4.74 Å². The molecular weight excluding hydrogens is 246 g/mol. The van der Waals surface area contributed by atoms with Gasteiger partial charge in [-0.2, -0.15) is 0 Å². The highest BCUT2D eigenvalue weighted by atomic mass is 19.3. The van der Waals surface area contributed by atoms with Gasteiger partial charge in [0.25, 0.3) is 6.43 Å². The molecule has 1 rings (SSSR count). The molecule has 1 unspecified atom stereocenters. The molecule has 7 heteroatoms. The van der Waals surface area contributed by atoms with Gasteiger partial charge in [-0.1, -0.05) is 6.92 Å². The van der Waals surface area contributed by atoms with E-state index in [9.17, 15) is 13.6 Å². The van der Waals surface area contributed by atoms with Crippen LogP contribution in [0.25, 0.3) is 0 Å². The quantitative estimate of drug-likeness (QED) is 0.851. The molecule has 0 bridgehead atoms. The first-order valence-corrected chi connectivity index (χ1v) is 5.51. The van der Waals surface area contributed by atoms with Gasteiger partial charge >= 0.3 is 5.97 Å². The van der Waals surface area contributed by atoms with Crippen LogP contribution in [0.5, 0.6) is 0 Å². The first-order valence-electron chi connectivity index (χ1n) is 5.51. The lowest BCUT2D eigenvalue weighted by molar-refractivity contribution is 0.0517. The van der Waals surface area contributed by atoms with Crippen LogP contribution in [-0.4, -0.2) is 27.7 Å². The Morgan fingerprint density at radius 1 is 1.50 bits per heavy atom. The van der Waals surface area contributed by atoms with E-state index in [0.29, 0.717) is 13.0 Å². The Labute approximate surface area is 103 Å². The van der Waals surface area contributed by atoms with Crippen molar-refractivity contribution in [3.8, 4) is 0 Å². The fourth-order valence-electron chi connectivity index (χ4n) is 1.47. The number of carboxylic acid groups (broad SMARTS) is 1. The summed E-state index contributed by atoms with van der Waals surface area (Å²) in [5.41, 5.74) is -1.36. The summed E-state index contributed by atoms with van der Waals surface area (Å²) in [6, 6.07) is 0. The van der Waals surface area contributed by atoms with Crippen molar-refractivity contribution >= 4 is 5.97 Å². The summed E-state index contributed by atoms with van der Waals surface area (Å²) in [6.45, 7) is 3.96. The SMILES string of the molecule is CCOC(CC)c1ncc(C(=O)O)c(C(F)F)n1. The normalized spacial score (nSPS) is 12.7. The lowest BCUT2D eigenvalue weighted by atomic mass is 10.2. The smallest absolute Gasteiger partial charge is 0.339 e. The highest BCUT2D eigenvalue weighted by molar-refractivity contribution is 5.88. The maximum Gasteiger partial charge on any atom is 0.339 e. The standard InChI is InChI=1S/C11H14F2N2O3/c1-3-7(18-4-2)10-14-5-6(11(16)17)8(15-10)9(12)13/h5,7,9H,3-4H2,1-2H3,(H,16,17). The number of hydrogen-bond donors (Lipinski definition) is 1. The maximum atomic E-state index is 12.7. The number of aromatic carboxylic acids is 1. The van der Waals surface area contributed by atoms with Crippen LogP contribution in [0.2, 0.25) is 0 Å². The van der Waals surface area contributed by atoms with Gasteiger partial charge < -0.3 is 9.84 Å². The minimum atomic E-state index is -2.96. The van der Waals surface area contributed by atoms with E-state index in [1.165, 1.54) is 0 Å². The lowest BCUT2D eigenvalue weighted by Gasteiger charge is -2.14. The summed E-state index contributed by atoms with van der Waals surface area (Å²) in [4.78, 5) is 18.2. The average Bonchev–Trinajstić information content (AvgIpc) is 2.35. The number of rotatable bonds is 6. The fraction of sp³-hybridized carbons (Fsp3) is 0.545. The van der Waals surface area contributed by atoms with Crippen LogP contribution in [0.4, 0.5) is 8.78 Å². The Morgan fingerprint density at radius 3 is 2.61 bits per heavy atom. The second-order valence-corrected chi connectivity index (χ2v) is 3.49. The van der Waals surface area contributed by atoms with Gasteiger partial charge in [-0.15, -0.1) is 0 Å². The van der Waals surface area contributed by atoms with E-state index in [1.54, 1.807) is 13.8 Å². The van der Waals surface area contributed by atoms with E-state index < -0.39 is 29.8 Å². The van der Waals surface area contributed by atoms with E-state index >= 15 is 0 Å². The lowest BCUT2D eigenvalue weighted by Crippen LogP contribution is -2.13. The van der Waals surface area contributed by atoms with Gasteiger partial charge in [0.2, 0.25) is 0 Å². The van der Waals surface area contributed by atoms with Crippen LogP contribution < -0.4 is 0 Å². The molecule has 0 saturated carbocycles. The molecule has 0 radical (unpaired) electrons. The number of halogens is 2. The molecule has 1 aromatic heterocycles. The number of nitrogens with zero attached hydrogens (tertiary/aromatic N) is 2. The van der Waals surface area contributed by atoms with E-state index in [0.717, 1.165) is 6.20 Å². The van der Waals surface area contributed by atoms with Crippen LogP contribution >= 0.6 is 0 Å². The molecule has 0 saturated heterocycles. The number of hydrogen-bond acceptors (Lipinski definition) is 4. The number of carbonyl (C=O) groups is 1. The van der Waals surface area contributed by atoms with Crippen molar-refractivity contribution in [2.45, 2.75) is 32.8 Å². The number of aromatic nitrogens is 2. The fourth-order valence-corrected chi connectivity index (χ4v) is 1.47. The molecule has 100 valence electrons. The maximum absolute atomic E-state index is 12.7. The number of carboxylic acids is 1. The zero-order valence-electron chi connectivity index (χ0n) is 10.1. The second kappa shape index (κ2) is 6.34. The van der Waals surface area contributed by atoms with Crippen molar-refractivity contribution in [2.24, 2.45) is 0 Å². The topological polar surface area (TPSA) is 72.3 Å². The molecule has 0 fully saturated rings. The van der Waals surface area contributed by atoms with Gasteiger partial charge in [0.15, 0.2) is 5.82 Å². The minimum Gasteiger partial charge on any atom is -0.478 e. The van der Waals surface area contributed by atoms with Crippen molar-refractivity contribution in [2.75, 3.05) is 6.61 Å². The molecule has 0 aliphatic carbocycles. The summed E-state index contributed by atoms with van der Waals surface area (Å²) in [5.74, 6) is -1.39. The molecule has 1 aromatic rings. The Hall–Kier alpha value is -1.63. The first kappa shape index (κ1) is 14.4. The van der Waals surface area contributed by atoms with Gasteiger partial charge in [0.1, 0.15) is 17.4 Å². The molecule has 1 N–H and O–H groups in total. The summed E-state index contributed by atoms with van der Waals surface area (Å²) in [6.07, 6.45) is -2.05. The average molecular weight is 260 g/mol. The molecule has 0 aliphatic rings. The van der Waals surface area contributed by atoms with Crippen molar-refractivity contribution in [3.05, 3.63) is 23.3 Å². The third-order valence-corrected chi connectivity index (χ3v) is 2.30. The zero-order chi connectivity index (χ0) is 13.7. The van der Waals surface area contributed by atoms with Gasteiger partial charge in [-0.25, -0.2) is 23.5 Å². The van der Waals surface area contributed by atoms with E-state index in [2.05, 4.69) is 9.97 Å². The predicted octanol–water partition coefficient (Wildman–Crippen LogP) is 2.60. The summed E-state index contributed by atoms with van der Waals surface area (Å²) < 4.78 is 30.7. The van der Waals surface area contributed by atoms with E-state index in [-0.39, 0.29) is 5.82 Å². The first-order chi connectivity index (χ1) is 8.51. The Bertz CT molecular complexity index is 427. The minimum absolute atomic E-state index is 0.0830. The van der Waals surface area contributed by atoms with Crippen molar-refractivity contribution < 1.29 is 23.4 Å². The second-order valence-electron chi connectivity index (χ2n) is 3.49. The zero-order valence-corrected chi connectivity index (χ0v) is 10.1. The number of alkyl halides is 2. The molecule has 18 heavy (non-hydrogen) atoms. The highest BCUT2D eigenvalue weighted by Crippen LogP contribution is 2.24. The molecule has 1 heterocycles. The van der Waals surface area contributed by atoms with Crippen LogP contribution in [0, 0.1) is 0 Å². The van der Waals surface area contributed by atoms with Crippen molar-refractivity contribution in [3.63, 3.8) is 0 Å². The third-order valence-electron chi connectivity index (χ3n) is 2.30. The van der Waals surface area contributed by atoms with Gasteiger partial charge in [-0.05, 0) is 13.3 Å². The summed E-state index contributed by atoms with van der Waals surface area (Å²) in [5, 5.41) is 8.76. The highest BCUT2D eigenvalue weighted by Gasteiger charge is 2.23. The van der Waals surface area contributed by atoms with E-state index in [4.69, 9.17) is 9.84 Å². The molecule has 0 aromatic carbocycles. The molecular formula is C11H14F2N2O3. The predicted molar refractivity (Wildman–Crippen MR) is 58.6 cm³/mol. The Kier molecular flexibility index (Phi) is 5.08. The largest absolute Gasteiger partial charge is 0.478 e.